The minimum absolute atomic E-state index is 0.0984. The summed E-state index contributed by atoms with van der Waals surface area (Å²) < 4.78 is 0. The number of carbonyl (C=O) groups is 1. The second-order valence-corrected chi connectivity index (χ2v) is 6.60. The number of carbonyl (C=O) groups excluding carboxylic acids is 1. The van der Waals surface area contributed by atoms with Gasteiger partial charge in [0.25, 0.3) is 11.5 Å². The van der Waals surface area contributed by atoms with Crippen LogP contribution in [-0.4, -0.2) is 17.4 Å². The smallest absolute Gasteiger partial charge is 0.251 e. The summed E-state index contributed by atoms with van der Waals surface area (Å²) in [7, 11) is 0. The molecule has 0 aliphatic carbocycles. The van der Waals surface area contributed by atoms with Crippen molar-refractivity contribution in [1.82, 2.24) is 10.3 Å². The van der Waals surface area contributed by atoms with Crippen LogP contribution in [0.4, 0.5) is 0 Å². The van der Waals surface area contributed by atoms with Crippen LogP contribution in [0.2, 0.25) is 0 Å². The van der Waals surface area contributed by atoms with Crippen molar-refractivity contribution in [3.63, 3.8) is 0 Å². The van der Waals surface area contributed by atoms with E-state index in [1.54, 1.807) is 0 Å². The van der Waals surface area contributed by atoms with Gasteiger partial charge in [-0.2, -0.15) is 0 Å². The zero-order valence-corrected chi connectivity index (χ0v) is 14.8. The van der Waals surface area contributed by atoms with Crippen LogP contribution in [0.3, 0.4) is 0 Å². The number of aromatic amines is 1. The third-order valence-corrected chi connectivity index (χ3v) is 4.24. The SMILES string of the molecule is Cc1cc(C)cc(C(=O)NCCc2cc3ccc(C)cc3[nH]c2=O)c1. The van der Waals surface area contributed by atoms with E-state index in [1.165, 1.54) is 0 Å². The van der Waals surface area contributed by atoms with Gasteiger partial charge < -0.3 is 10.3 Å². The number of H-pyrrole nitrogens is 1. The first kappa shape index (κ1) is 17.0. The van der Waals surface area contributed by atoms with E-state index >= 15 is 0 Å². The van der Waals surface area contributed by atoms with E-state index in [9.17, 15) is 9.59 Å². The van der Waals surface area contributed by atoms with Crippen molar-refractivity contribution in [3.05, 3.63) is 80.6 Å². The molecular weight excluding hydrogens is 312 g/mol. The molecule has 4 heteroatoms. The quantitative estimate of drug-likeness (QED) is 0.768. The Morgan fingerprint density at radius 3 is 2.40 bits per heavy atom. The molecule has 0 atom stereocenters. The molecule has 1 aromatic heterocycles. The topological polar surface area (TPSA) is 62.0 Å². The molecule has 0 aliphatic rings. The van der Waals surface area contributed by atoms with E-state index in [-0.39, 0.29) is 11.5 Å². The lowest BCUT2D eigenvalue weighted by Crippen LogP contribution is -2.27. The molecule has 0 spiro atoms. The lowest BCUT2D eigenvalue weighted by Gasteiger charge is -2.08. The number of fused-ring (bicyclic) bond motifs is 1. The molecule has 3 aromatic rings. The van der Waals surface area contributed by atoms with Gasteiger partial charge in [0.05, 0.1) is 0 Å². The van der Waals surface area contributed by atoms with Gasteiger partial charge in [0.1, 0.15) is 0 Å². The lowest BCUT2D eigenvalue weighted by molar-refractivity contribution is 0.0954. The fourth-order valence-electron chi connectivity index (χ4n) is 3.06. The molecular formula is C21H22N2O2. The van der Waals surface area contributed by atoms with Crippen molar-refractivity contribution in [2.45, 2.75) is 27.2 Å². The molecule has 0 saturated heterocycles. The van der Waals surface area contributed by atoms with E-state index in [0.29, 0.717) is 24.1 Å². The summed E-state index contributed by atoms with van der Waals surface area (Å²) in [6.45, 7) is 6.36. The predicted octanol–water partition coefficient (Wildman–Crippen LogP) is 3.43. The summed E-state index contributed by atoms with van der Waals surface area (Å²) in [5, 5.41) is 3.90. The molecule has 4 nitrogen and oxygen atoms in total. The third-order valence-electron chi connectivity index (χ3n) is 4.24. The van der Waals surface area contributed by atoms with Crippen LogP contribution in [0, 0.1) is 20.8 Å². The largest absolute Gasteiger partial charge is 0.352 e. The van der Waals surface area contributed by atoms with Crippen molar-refractivity contribution in [1.29, 1.82) is 0 Å². The van der Waals surface area contributed by atoms with Gasteiger partial charge in [-0.1, -0.05) is 29.3 Å². The van der Waals surface area contributed by atoms with Crippen molar-refractivity contribution in [3.8, 4) is 0 Å². The molecule has 2 aromatic carbocycles. The molecule has 25 heavy (non-hydrogen) atoms. The van der Waals surface area contributed by atoms with Crippen LogP contribution in [0.25, 0.3) is 10.9 Å². The van der Waals surface area contributed by atoms with Gasteiger partial charge in [0.15, 0.2) is 0 Å². The van der Waals surface area contributed by atoms with E-state index in [4.69, 9.17) is 0 Å². The van der Waals surface area contributed by atoms with Crippen LogP contribution in [0.5, 0.6) is 0 Å². The highest BCUT2D eigenvalue weighted by Gasteiger charge is 2.08. The molecule has 0 unspecified atom stereocenters. The van der Waals surface area contributed by atoms with Crippen LogP contribution in [-0.2, 0) is 6.42 Å². The fraction of sp³-hybridized carbons (Fsp3) is 0.238. The molecule has 0 aliphatic heterocycles. The molecule has 2 N–H and O–H groups in total. The number of aromatic nitrogens is 1. The maximum Gasteiger partial charge on any atom is 0.251 e. The Morgan fingerprint density at radius 1 is 0.960 bits per heavy atom. The molecule has 0 fully saturated rings. The second kappa shape index (κ2) is 6.93. The van der Waals surface area contributed by atoms with E-state index in [2.05, 4.69) is 10.3 Å². The van der Waals surface area contributed by atoms with Crippen LogP contribution in [0.15, 0.2) is 47.3 Å². The van der Waals surface area contributed by atoms with Gasteiger partial charge in [-0.15, -0.1) is 0 Å². The molecule has 1 heterocycles. The number of pyridine rings is 1. The van der Waals surface area contributed by atoms with Gasteiger partial charge in [-0.3, -0.25) is 9.59 Å². The Balaban J connectivity index is 1.70. The zero-order chi connectivity index (χ0) is 18.0. The summed E-state index contributed by atoms with van der Waals surface area (Å²) in [5.41, 5.74) is 5.30. The molecule has 0 saturated carbocycles. The highest BCUT2D eigenvalue weighted by molar-refractivity contribution is 5.94. The first-order valence-electron chi connectivity index (χ1n) is 8.41. The number of aryl methyl sites for hydroxylation is 3. The van der Waals surface area contributed by atoms with Gasteiger partial charge in [0.2, 0.25) is 0 Å². The first-order chi connectivity index (χ1) is 11.9. The summed E-state index contributed by atoms with van der Waals surface area (Å²) in [6, 6.07) is 13.7. The first-order valence-corrected chi connectivity index (χ1v) is 8.41. The fourth-order valence-corrected chi connectivity index (χ4v) is 3.06. The molecule has 128 valence electrons. The number of amides is 1. The zero-order valence-electron chi connectivity index (χ0n) is 14.8. The standard InChI is InChI=1S/C21H22N2O2/c1-13-4-5-16-12-17(21(25)23-19(16)11-13)6-7-22-20(24)18-9-14(2)8-15(3)10-18/h4-5,8-12H,6-7H2,1-3H3,(H,22,24)(H,23,25). The second-order valence-electron chi connectivity index (χ2n) is 6.60. The maximum absolute atomic E-state index is 12.3. The summed E-state index contributed by atoms with van der Waals surface area (Å²) in [4.78, 5) is 27.4. The Hall–Kier alpha value is -2.88. The van der Waals surface area contributed by atoms with Crippen LogP contribution < -0.4 is 10.9 Å². The van der Waals surface area contributed by atoms with E-state index in [1.807, 2.05) is 63.2 Å². The molecule has 1 amide bonds. The average Bonchev–Trinajstić information content (AvgIpc) is 2.54. The number of benzene rings is 2. The monoisotopic (exact) mass is 334 g/mol. The van der Waals surface area contributed by atoms with E-state index in [0.717, 1.165) is 27.6 Å². The highest BCUT2D eigenvalue weighted by atomic mass is 16.1. The summed E-state index contributed by atoms with van der Waals surface area (Å²) in [5.74, 6) is -0.111. The summed E-state index contributed by atoms with van der Waals surface area (Å²) in [6.07, 6.45) is 0.496. The number of nitrogens with one attached hydrogen (secondary N) is 2. The van der Waals surface area contributed by atoms with Crippen LogP contribution in [0.1, 0.15) is 32.6 Å². The Kier molecular flexibility index (Phi) is 4.70. The molecule has 0 bridgehead atoms. The van der Waals surface area contributed by atoms with Gasteiger partial charge in [-0.25, -0.2) is 0 Å². The maximum atomic E-state index is 12.3. The van der Waals surface area contributed by atoms with Gasteiger partial charge >= 0.3 is 0 Å². The predicted molar refractivity (Wildman–Crippen MR) is 101 cm³/mol. The van der Waals surface area contributed by atoms with Crippen molar-refractivity contribution >= 4 is 16.8 Å². The van der Waals surface area contributed by atoms with Gasteiger partial charge in [-0.05, 0) is 62.4 Å². The number of hydrogen-bond acceptors (Lipinski definition) is 2. The van der Waals surface area contributed by atoms with Crippen molar-refractivity contribution in [2.24, 2.45) is 0 Å². The number of hydrogen-bond donors (Lipinski definition) is 2. The lowest BCUT2D eigenvalue weighted by atomic mass is 10.1. The molecule has 3 rings (SSSR count). The normalized spacial score (nSPS) is 10.8. The average molecular weight is 334 g/mol. The third kappa shape index (κ3) is 3.97. The highest BCUT2D eigenvalue weighted by Crippen LogP contribution is 2.13. The number of rotatable bonds is 4. The van der Waals surface area contributed by atoms with E-state index < -0.39 is 0 Å². The Morgan fingerprint density at radius 2 is 1.68 bits per heavy atom. The molecule has 0 radical (unpaired) electrons. The Labute approximate surface area is 146 Å². The minimum Gasteiger partial charge on any atom is -0.352 e. The Bertz CT molecular complexity index is 982. The van der Waals surface area contributed by atoms with Crippen LogP contribution >= 0.6 is 0 Å². The van der Waals surface area contributed by atoms with Gasteiger partial charge in [0, 0.05) is 23.2 Å². The van der Waals surface area contributed by atoms with Crippen molar-refractivity contribution < 1.29 is 4.79 Å². The van der Waals surface area contributed by atoms with Crippen molar-refractivity contribution in [2.75, 3.05) is 6.54 Å². The minimum atomic E-state index is -0.111. The summed E-state index contributed by atoms with van der Waals surface area (Å²) >= 11 is 0.